The van der Waals surface area contributed by atoms with Gasteiger partial charge in [0.2, 0.25) is 0 Å². The quantitative estimate of drug-likeness (QED) is 0.586. The van der Waals surface area contributed by atoms with E-state index in [-0.39, 0.29) is 6.61 Å². The van der Waals surface area contributed by atoms with Crippen LogP contribution in [0.3, 0.4) is 0 Å². The molecule has 0 aliphatic carbocycles. The zero-order valence-electron chi connectivity index (χ0n) is 9.50. The Morgan fingerprint density at radius 2 is 1.83 bits per heavy atom. The van der Waals surface area contributed by atoms with Crippen molar-refractivity contribution in [2.45, 2.75) is 6.61 Å². The molecule has 0 aliphatic heterocycles. The molecule has 0 bridgehead atoms. The van der Waals surface area contributed by atoms with Crippen LogP contribution in [0.5, 0.6) is 5.75 Å². The number of ether oxygens (including phenoxy) is 1. The van der Waals surface area contributed by atoms with Crippen LogP contribution in [0.15, 0.2) is 42.5 Å². The fraction of sp³-hybridized carbons (Fsp3) is 0.0769. The van der Waals surface area contributed by atoms with Gasteiger partial charge in [-0.3, -0.25) is 0 Å². The summed E-state index contributed by atoms with van der Waals surface area (Å²) in [5.74, 6) is -0.580. The molecule has 2 aromatic carbocycles. The van der Waals surface area contributed by atoms with Gasteiger partial charge in [-0.1, -0.05) is 0 Å². The first-order valence-corrected chi connectivity index (χ1v) is 12.0. The second-order valence-corrected chi connectivity index (χ2v) is 3.31. The van der Waals surface area contributed by atoms with Crippen molar-refractivity contribution in [1.82, 2.24) is 0 Å². The summed E-state index contributed by atoms with van der Waals surface area (Å²) in [6.07, 6.45) is 0. The summed E-state index contributed by atoms with van der Waals surface area (Å²) in [5, 5.41) is 0. The van der Waals surface area contributed by atoms with Gasteiger partial charge in [0, 0.05) is 11.8 Å². The Labute approximate surface area is 121 Å². The summed E-state index contributed by atoms with van der Waals surface area (Å²) in [6, 6.07) is 13.1. The topological polar surface area (TPSA) is 9.23 Å². The summed E-state index contributed by atoms with van der Waals surface area (Å²) in [7, 11) is 0. The molecule has 0 amide bonds. The summed E-state index contributed by atoms with van der Waals surface area (Å²) < 4.78 is 31.0. The van der Waals surface area contributed by atoms with E-state index in [1.54, 1.807) is 24.3 Å². The molecule has 90 valence electrons. The monoisotopic (exact) mass is 362 g/mol. The molecule has 0 spiro atoms. The van der Waals surface area contributed by atoms with Crippen molar-refractivity contribution in [2.24, 2.45) is 0 Å². The number of rotatable bonds is 3. The maximum absolute atomic E-state index is 12.9. The molecule has 0 heterocycles. The molecule has 2 aromatic rings. The van der Waals surface area contributed by atoms with Crippen LogP contribution in [0.2, 0.25) is 0 Å². The van der Waals surface area contributed by atoms with Crippen LogP contribution >= 0.6 is 13.6 Å². The minimum atomic E-state index is -0.599. The van der Waals surface area contributed by atoms with E-state index in [1.165, 1.54) is 28.5 Å². The third-order valence-corrected chi connectivity index (χ3v) is 2.01. The molecule has 2 rings (SSSR count). The molecule has 0 fully saturated rings. The normalized spacial score (nSPS) is 9.39. The van der Waals surface area contributed by atoms with E-state index in [2.05, 4.69) is 19.7 Å². The van der Waals surface area contributed by atoms with E-state index in [4.69, 9.17) is 4.74 Å². The number of hydrogen-bond acceptors (Lipinski definition) is 1. The molecule has 0 N–H and O–H groups in total. The van der Waals surface area contributed by atoms with Gasteiger partial charge in [0.25, 0.3) is 0 Å². The van der Waals surface area contributed by atoms with Crippen molar-refractivity contribution in [3.05, 3.63) is 65.7 Å². The molecule has 0 unspecified atom stereocenters. The Bertz CT molecular complexity index is 459. The Kier molecular flexibility index (Phi) is 7.06. The molecule has 0 aromatic heterocycles. The summed E-state index contributed by atoms with van der Waals surface area (Å²) in [6.45, 7) is 0.131. The molecular formula is C13H9BrF2OZn. The van der Waals surface area contributed by atoms with Crippen LogP contribution in [0.1, 0.15) is 5.56 Å². The first-order valence-electron chi connectivity index (χ1n) is 5.04. The fourth-order valence-corrected chi connectivity index (χ4v) is 1.33. The predicted molar refractivity (Wildman–Crippen MR) is 64.9 cm³/mol. The summed E-state index contributed by atoms with van der Waals surface area (Å²) in [5.41, 5.74) is 0.460. The summed E-state index contributed by atoms with van der Waals surface area (Å²) >= 11 is 4.25. The van der Waals surface area contributed by atoms with E-state index < -0.39 is 11.6 Å². The minimum absolute atomic E-state index is 0.131. The second kappa shape index (κ2) is 8.33. The van der Waals surface area contributed by atoms with Gasteiger partial charge in [-0.05, 0) is 17.7 Å². The van der Waals surface area contributed by atoms with E-state index in [1.807, 2.05) is 0 Å². The zero-order chi connectivity index (χ0) is 13.4. The summed E-state index contributed by atoms with van der Waals surface area (Å²) in [4.78, 5) is 0. The molecular weight excluding hydrogens is 355 g/mol. The molecule has 0 aliphatic rings. The Hall–Kier alpha value is -0.797. The van der Waals surface area contributed by atoms with Crippen LogP contribution in [-0.4, -0.2) is 0 Å². The average Bonchev–Trinajstić information content (AvgIpc) is 2.39. The van der Waals surface area contributed by atoms with Crippen molar-refractivity contribution in [2.75, 3.05) is 0 Å². The first-order chi connectivity index (χ1) is 8.74. The van der Waals surface area contributed by atoms with Crippen LogP contribution in [0, 0.1) is 17.7 Å². The Balaban J connectivity index is 0.000000771. The van der Waals surface area contributed by atoms with Crippen molar-refractivity contribution < 1.29 is 29.9 Å². The molecule has 0 saturated carbocycles. The fourth-order valence-electron chi connectivity index (χ4n) is 1.33. The average molecular weight is 365 g/mol. The number of benzene rings is 2. The van der Waals surface area contributed by atoms with Gasteiger partial charge < -0.3 is 4.74 Å². The second-order valence-electron chi connectivity index (χ2n) is 3.31. The molecule has 0 saturated heterocycles. The van der Waals surface area contributed by atoms with Crippen LogP contribution in [0.25, 0.3) is 0 Å². The molecule has 0 radical (unpaired) electrons. The van der Waals surface area contributed by atoms with Gasteiger partial charge in [-0.15, -0.1) is 12.1 Å². The van der Waals surface area contributed by atoms with Gasteiger partial charge >= 0.3 is 30.0 Å². The van der Waals surface area contributed by atoms with E-state index in [0.717, 1.165) is 6.07 Å². The number of hydrogen-bond donors (Lipinski definition) is 0. The Morgan fingerprint density at radius 3 is 2.39 bits per heavy atom. The first kappa shape index (κ1) is 15.3. The van der Waals surface area contributed by atoms with E-state index in [0.29, 0.717) is 11.3 Å². The van der Waals surface area contributed by atoms with Gasteiger partial charge in [0.15, 0.2) is 0 Å². The Morgan fingerprint density at radius 1 is 1.17 bits per heavy atom. The van der Waals surface area contributed by atoms with E-state index in [9.17, 15) is 8.78 Å². The molecule has 0 atom stereocenters. The van der Waals surface area contributed by atoms with Crippen LogP contribution in [0.4, 0.5) is 8.78 Å². The van der Waals surface area contributed by atoms with Gasteiger partial charge in [0.05, 0.1) is 6.61 Å². The molecule has 5 heteroatoms. The van der Waals surface area contributed by atoms with Crippen molar-refractivity contribution >= 4 is 13.6 Å². The third-order valence-electron chi connectivity index (χ3n) is 2.01. The van der Waals surface area contributed by atoms with Gasteiger partial charge in [-0.2, -0.15) is 18.2 Å². The van der Waals surface area contributed by atoms with Gasteiger partial charge in [-0.25, -0.2) is 8.78 Å². The standard InChI is InChI=1S/C13H9F2O.BrH.Zn/c14-11-6-10(7-12(15)8-11)9-16-13-4-2-1-3-5-13;;/h1-2,4-8H,9H2;1H;/q-1;;+2/p-1. The SMILES string of the molecule is Fc1cc(F)cc(COc2c[c-]ccc2)c1.[Zn+][Br]. The van der Waals surface area contributed by atoms with Crippen LogP contribution < -0.4 is 4.74 Å². The number of halogens is 3. The van der Waals surface area contributed by atoms with Crippen molar-refractivity contribution in [3.63, 3.8) is 0 Å². The van der Waals surface area contributed by atoms with Gasteiger partial charge in [0.1, 0.15) is 11.6 Å². The molecule has 18 heavy (non-hydrogen) atoms. The predicted octanol–water partition coefficient (Wildman–Crippen LogP) is 4.19. The van der Waals surface area contributed by atoms with Crippen molar-refractivity contribution in [3.8, 4) is 5.75 Å². The third kappa shape index (κ3) is 5.24. The van der Waals surface area contributed by atoms with E-state index >= 15 is 0 Å². The van der Waals surface area contributed by atoms with Crippen molar-refractivity contribution in [1.29, 1.82) is 0 Å². The zero-order valence-corrected chi connectivity index (χ0v) is 14.1. The maximum atomic E-state index is 12.9. The molecule has 1 nitrogen and oxygen atoms in total. The van der Waals surface area contributed by atoms with Crippen LogP contribution in [-0.2, 0) is 22.9 Å².